The molecule has 0 radical (unpaired) electrons. The van der Waals surface area contributed by atoms with E-state index in [1.807, 2.05) is 0 Å². The van der Waals surface area contributed by atoms with Crippen LogP contribution in [0.3, 0.4) is 0 Å². The van der Waals surface area contributed by atoms with Crippen molar-refractivity contribution in [1.82, 2.24) is 0 Å². The molecule has 0 aromatic rings. The van der Waals surface area contributed by atoms with Crippen LogP contribution in [0.4, 0.5) is 0 Å². The van der Waals surface area contributed by atoms with Crippen molar-refractivity contribution in [3.63, 3.8) is 0 Å². The average molecular weight is 142 g/mol. The Morgan fingerprint density at radius 3 is 2.50 bits per heavy atom. The zero-order valence-corrected chi connectivity index (χ0v) is 7.05. The van der Waals surface area contributed by atoms with Crippen LogP contribution in [0.15, 0.2) is 0 Å². The molecule has 1 fully saturated rings. The van der Waals surface area contributed by atoms with Gasteiger partial charge >= 0.3 is 0 Å². The molecule has 58 valence electrons. The molecule has 10 heavy (non-hydrogen) atoms. The quantitative estimate of drug-likeness (QED) is 0.457. The lowest BCUT2D eigenvalue weighted by atomic mass is 10.0. The van der Waals surface area contributed by atoms with E-state index in [0.29, 0.717) is 11.8 Å². The predicted octanol–water partition coefficient (Wildman–Crippen LogP) is 0.814. The predicted molar refractivity (Wildman–Crippen MR) is 40.7 cm³/mol. The number of ketones is 1. The number of likely N-dealkylation sites (tertiary alicyclic amines) is 1. The Kier molecular flexibility index (Phi) is 1.82. The molecule has 0 aromatic carbocycles. The standard InChI is InChI=1S/C8H16NO/c1-7-6-8(10)4-5-9(7,2)3/h7H,4-6H2,1-3H3/q+1. The van der Waals surface area contributed by atoms with E-state index in [4.69, 9.17) is 0 Å². The summed E-state index contributed by atoms with van der Waals surface area (Å²) < 4.78 is 1.01. The largest absolute Gasteiger partial charge is 0.326 e. The van der Waals surface area contributed by atoms with Gasteiger partial charge in [0.15, 0.2) is 0 Å². The fourth-order valence-corrected chi connectivity index (χ4v) is 1.31. The Bertz CT molecular complexity index is 151. The Labute approximate surface area is 62.4 Å². The highest BCUT2D eigenvalue weighted by molar-refractivity contribution is 5.79. The maximum absolute atomic E-state index is 11.0. The van der Waals surface area contributed by atoms with Crippen molar-refractivity contribution in [2.45, 2.75) is 25.8 Å². The van der Waals surface area contributed by atoms with Crippen LogP contribution >= 0.6 is 0 Å². The van der Waals surface area contributed by atoms with E-state index in [1.54, 1.807) is 0 Å². The number of hydrogen-bond donors (Lipinski definition) is 0. The molecule has 2 heteroatoms. The molecule has 1 atom stereocenters. The van der Waals surface area contributed by atoms with Crippen LogP contribution < -0.4 is 0 Å². The molecule has 0 aromatic heterocycles. The number of nitrogens with zero attached hydrogens (tertiary/aromatic N) is 1. The smallest absolute Gasteiger partial charge is 0.144 e. The van der Waals surface area contributed by atoms with Crippen molar-refractivity contribution in [3.8, 4) is 0 Å². The lowest BCUT2D eigenvalue weighted by Crippen LogP contribution is -2.52. The van der Waals surface area contributed by atoms with Gasteiger partial charge in [-0.1, -0.05) is 0 Å². The lowest BCUT2D eigenvalue weighted by molar-refractivity contribution is -0.914. The Morgan fingerprint density at radius 1 is 1.50 bits per heavy atom. The van der Waals surface area contributed by atoms with Gasteiger partial charge in [0.25, 0.3) is 0 Å². The van der Waals surface area contributed by atoms with E-state index in [-0.39, 0.29) is 0 Å². The van der Waals surface area contributed by atoms with E-state index in [1.165, 1.54) is 0 Å². The van der Waals surface area contributed by atoms with Gasteiger partial charge in [-0.15, -0.1) is 0 Å². The van der Waals surface area contributed by atoms with Gasteiger partial charge < -0.3 is 4.48 Å². The molecule has 1 aliphatic rings. The van der Waals surface area contributed by atoms with Crippen LogP contribution in [0, 0.1) is 0 Å². The Morgan fingerprint density at radius 2 is 2.10 bits per heavy atom. The summed E-state index contributed by atoms with van der Waals surface area (Å²) in [6, 6.07) is 0.515. The zero-order valence-electron chi connectivity index (χ0n) is 7.05. The van der Waals surface area contributed by atoms with Gasteiger partial charge in [0.1, 0.15) is 5.78 Å². The van der Waals surface area contributed by atoms with Crippen molar-refractivity contribution < 1.29 is 9.28 Å². The molecular weight excluding hydrogens is 126 g/mol. The summed E-state index contributed by atoms with van der Waals surface area (Å²) in [5.41, 5.74) is 0. The first-order valence-electron chi connectivity index (χ1n) is 3.87. The van der Waals surface area contributed by atoms with Gasteiger partial charge in [-0.3, -0.25) is 4.79 Å². The Balaban J connectivity index is 2.60. The number of carbonyl (C=O) groups is 1. The average Bonchev–Trinajstić information content (AvgIpc) is 1.81. The van der Waals surface area contributed by atoms with Crippen LogP contribution in [0.1, 0.15) is 19.8 Å². The molecule has 2 nitrogen and oxygen atoms in total. The molecular formula is C8H16NO+. The van der Waals surface area contributed by atoms with Crippen LogP contribution in [0.5, 0.6) is 0 Å². The molecule has 0 saturated carbocycles. The number of hydrogen-bond acceptors (Lipinski definition) is 1. The third kappa shape index (κ3) is 1.37. The van der Waals surface area contributed by atoms with Crippen molar-refractivity contribution in [1.29, 1.82) is 0 Å². The van der Waals surface area contributed by atoms with Gasteiger partial charge in [0, 0.05) is 0 Å². The summed E-state index contributed by atoms with van der Waals surface area (Å²) >= 11 is 0. The third-order valence-corrected chi connectivity index (χ3v) is 2.68. The van der Waals surface area contributed by atoms with Crippen molar-refractivity contribution in [2.75, 3.05) is 20.6 Å². The number of carbonyl (C=O) groups excluding carboxylic acids is 1. The third-order valence-electron chi connectivity index (χ3n) is 2.68. The molecule has 1 heterocycles. The molecule has 1 rings (SSSR count). The van der Waals surface area contributed by atoms with Gasteiger partial charge in [0.2, 0.25) is 0 Å². The molecule has 0 bridgehead atoms. The zero-order chi connectivity index (χ0) is 7.78. The number of Topliss-reactive ketones (excluding diaryl/α,β-unsaturated/α-hetero) is 1. The topological polar surface area (TPSA) is 17.1 Å². The summed E-state index contributed by atoms with van der Waals surface area (Å²) in [7, 11) is 4.38. The monoisotopic (exact) mass is 142 g/mol. The van der Waals surface area contributed by atoms with Crippen LogP contribution in [-0.2, 0) is 4.79 Å². The fourth-order valence-electron chi connectivity index (χ4n) is 1.31. The molecule has 0 amide bonds. The molecule has 1 aliphatic heterocycles. The first-order valence-corrected chi connectivity index (χ1v) is 3.87. The molecule has 0 N–H and O–H groups in total. The van der Waals surface area contributed by atoms with Crippen LogP contribution in [-0.4, -0.2) is 36.9 Å². The normalized spacial score (nSPS) is 32.3. The first-order chi connectivity index (χ1) is 4.52. The summed E-state index contributed by atoms with van der Waals surface area (Å²) in [4.78, 5) is 11.0. The second-order valence-electron chi connectivity index (χ2n) is 3.84. The van der Waals surface area contributed by atoms with E-state index in [0.717, 1.165) is 23.9 Å². The Hall–Kier alpha value is -0.370. The van der Waals surface area contributed by atoms with Crippen LogP contribution in [0.2, 0.25) is 0 Å². The minimum Gasteiger partial charge on any atom is -0.326 e. The maximum Gasteiger partial charge on any atom is 0.144 e. The number of rotatable bonds is 0. The first kappa shape index (κ1) is 7.73. The van der Waals surface area contributed by atoms with E-state index in [9.17, 15) is 4.79 Å². The highest BCUT2D eigenvalue weighted by atomic mass is 16.1. The molecule has 0 spiro atoms. The van der Waals surface area contributed by atoms with Gasteiger partial charge in [-0.05, 0) is 6.92 Å². The van der Waals surface area contributed by atoms with Crippen LogP contribution in [0.25, 0.3) is 0 Å². The lowest BCUT2D eigenvalue weighted by Gasteiger charge is -2.39. The van der Waals surface area contributed by atoms with E-state index in [2.05, 4.69) is 21.0 Å². The summed E-state index contributed by atoms with van der Waals surface area (Å²) in [6.07, 6.45) is 1.55. The summed E-state index contributed by atoms with van der Waals surface area (Å²) in [6.45, 7) is 3.16. The number of quaternary nitrogens is 1. The minimum absolute atomic E-state index is 0.435. The molecule has 0 aliphatic carbocycles. The van der Waals surface area contributed by atoms with Crippen molar-refractivity contribution >= 4 is 5.78 Å². The van der Waals surface area contributed by atoms with Gasteiger partial charge in [0.05, 0.1) is 39.5 Å². The van der Waals surface area contributed by atoms with E-state index >= 15 is 0 Å². The van der Waals surface area contributed by atoms with Gasteiger partial charge in [-0.2, -0.15) is 0 Å². The highest BCUT2D eigenvalue weighted by Crippen LogP contribution is 2.17. The molecule has 1 saturated heterocycles. The highest BCUT2D eigenvalue weighted by Gasteiger charge is 2.31. The van der Waals surface area contributed by atoms with Crippen molar-refractivity contribution in [3.05, 3.63) is 0 Å². The summed E-state index contributed by atoms with van der Waals surface area (Å²) in [5, 5.41) is 0. The molecule has 1 unspecified atom stereocenters. The maximum atomic E-state index is 11.0. The number of piperidine rings is 1. The SMILES string of the molecule is CC1CC(=O)CC[N+]1(C)C. The second-order valence-corrected chi connectivity index (χ2v) is 3.84. The minimum atomic E-state index is 0.435. The van der Waals surface area contributed by atoms with E-state index < -0.39 is 0 Å². The summed E-state index contributed by atoms with van der Waals surface area (Å²) in [5.74, 6) is 0.435. The fraction of sp³-hybridized carbons (Fsp3) is 0.875. The second kappa shape index (κ2) is 2.35. The van der Waals surface area contributed by atoms with Crippen molar-refractivity contribution in [2.24, 2.45) is 0 Å². The van der Waals surface area contributed by atoms with Gasteiger partial charge in [-0.25, -0.2) is 0 Å².